The van der Waals surface area contributed by atoms with Gasteiger partial charge in [-0.15, -0.1) is 21.5 Å². The molecular formula is C17H13ClN6OS. The predicted octanol–water partition coefficient (Wildman–Crippen LogP) is 3.89. The highest BCUT2D eigenvalue weighted by atomic mass is 35.5. The fourth-order valence-electron chi connectivity index (χ4n) is 3.03. The van der Waals surface area contributed by atoms with E-state index < -0.39 is 0 Å². The number of nitrogens with two attached hydrogens (primary N) is 1. The summed E-state index contributed by atoms with van der Waals surface area (Å²) >= 11 is 7.39. The van der Waals surface area contributed by atoms with E-state index in [1.165, 1.54) is 18.3 Å². The Labute approximate surface area is 157 Å². The van der Waals surface area contributed by atoms with Crippen molar-refractivity contribution in [3.63, 3.8) is 0 Å². The Morgan fingerprint density at radius 1 is 1.27 bits per heavy atom. The van der Waals surface area contributed by atoms with Gasteiger partial charge in [-0.25, -0.2) is 4.98 Å². The number of halogens is 1. The third kappa shape index (κ3) is 2.54. The summed E-state index contributed by atoms with van der Waals surface area (Å²) in [6.45, 7) is 3.34. The largest absolute Gasteiger partial charge is 0.397 e. The summed E-state index contributed by atoms with van der Waals surface area (Å²) < 4.78 is 0. The highest BCUT2D eigenvalue weighted by Gasteiger charge is 2.24. The van der Waals surface area contributed by atoms with Crippen molar-refractivity contribution < 1.29 is 4.79 Å². The molecule has 0 saturated carbocycles. The zero-order chi connectivity index (χ0) is 18.4. The molecule has 3 aromatic heterocycles. The second-order valence-electron chi connectivity index (χ2n) is 5.77. The fourth-order valence-corrected chi connectivity index (χ4v) is 4.23. The molecule has 9 heteroatoms. The molecule has 1 aromatic carbocycles. The van der Waals surface area contributed by atoms with E-state index in [-0.39, 0.29) is 5.78 Å². The van der Waals surface area contributed by atoms with E-state index in [1.807, 2.05) is 19.1 Å². The number of anilines is 1. The van der Waals surface area contributed by atoms with Crippen molar-refractivity contribution in [3.05, 3.63) is 40.5 Å². The standard InChI is InChI=1S/C17H13ClN6OS/c1-7-11(8(2)25)12(9-3-5-10(18)6-4-9)13-14(19)15(26-17(13)20-7)16-21-23-24-22-16/h3-6H,19H2,1-2H3,(H,21,22,23,24). The van der Waals surface area contributed by atoms with Gasteiger partial charge in [-0.05, 0) is 36.8 Å². The average Bonchev–Trinajstić information content (AvgIpc) is 3.22. The molecule has 0 aliphatic heterocycles. The van der Waals surface area contributed by atoms with Crippen LogP contribution in [0.15, 0.2) is 24.3 Å². The number of nitrogens with one attached hydrogen (secondary N) is 1. The molecule has 3 N–H and O–H groups in total. The van der Waals surface area contributed by atoms with Crippen LogP contribution in [-0.2, 0) is 0 Å². The number of aryl methyl sites for hydroxylation is 1. The molecule has 7 nitrogen and oxygen atoms in total. The molecule has 3 heterocycles. The van der Waals surface area contributed by atoms with Crippen LogP contribution in [0.2, 0.25) is 5.02 Å². The minimum absolute atomic E-state index is 0.0754. The monoisotopic (exact) mass is 384 g/mol. The van der Waals surface area contributed by atoms with Crippen LogP contribution in [-0.4, -0.2) is 31.4 Å². The third-order valence-electron chi connectivity index (χ3n) is 4.09. The first-order valence-corrected chi connectivity index (χ1v) is 8.90. The summed E-state index contributed by atoms with van der Waals surface area (Å²) in [6.07, 6.45) is 0. The summed E-state index contributed by atoms with van der Waals surface area (Å²) in [6, 6.07) is 7.30. The van der Waals surface area contributed by atoms with Gasteiger partial charge in [-0.1, -0.05) is 23.7 Å². The maximum atomic E-state index is 12.4. The second kappa shape index (κ2) is 6.15. The highest BCUT2D eigenvalue weighted by molar-refractivity contribution is 7.22. The van der Waals surface area contributed by atoms with Crippen molar-refractivity contribution in [2.45, 2.75) is 13.8 Å². The van der Waals surface area contributed by atoms with E-state index in [1.54, 1.807) is 12.1 Å². The van der Waals surface area contributed by atoms with Gasteiger partial charge in [0.05, 0.1) is 11.4 Å². The number of aromatic amines is 1. The summed E-state index contributed by atoms with van der Waals surface area (Å²) in [7, 11) is 0. The minimum atomic E-state index is -0.0754. The molecule has 0 radical (unpaired) electrons. The molecule has 4 aromatic rings. The second-order valence-corrected chi connectivity index (χ2v) is 7.21. The number of carbonyl (C=O) groups excluding carboxylic acids is 1. The van der Waals surface area contributed by atoms with Gasteiger partial charge >= 0.3 is 0 Å². The van der Waals surface area contributed by atoms with Gasteiger partial charge in [0.1, 0.15) is 9.71 Å². The molecular weight excluding hydrogens is 372 g/mol. The number of H-pyrrole nitrogens is 1. The smallest absolute Gasteiger partial charge is 0.216 e. The van der Waals surface area contributed by atoms with E-state index in [0.29, 0.717) is 38.1 Å². The van der Waals surface area contributed by atoms with Gasteiger partial charge in [0, 0.05) is 21.5 Å². The molecule has 0 spiro atoms. The van der Waals surface area contributed by atoms with E-state index in [2.05, 4.69) is 25.6 Å². The van der Waals surface area contributed by atoms with E-state index in [9.17, 15) is 4.79 Å². The van der Waals surface area contributed by atoms with Crippen molar-refractivity contribution >= 4 is 44.6 Å². The van der Waals surface area contributed by atoms with E-state index >= 15 is 0 Å². The van der Waals surface area contributed by atoms with Crippen LogP contribution < -0.4 is 5.73 Å². The van der Waals surface area contributed by atoms with Crippen LogP contribution in [0.5, 0.6) is 0 Å². The number of tetrazole rings is 1. The molecule has 130 valence electrons. The first-order valence-electron chi connectivity index (χ1n) is 7.70. The van der Waals surface area contributed by atoms with Crippen LogP contribution in [0.4, 0.5) is 5.69 Å². The number of rotatable bonds is 3. The lowest BCUT2D eigenvalue weighted by Gasteiger charge is -2.12. The number of thiophene rings is 1. The molecule has 4 rings (SSSR count). The quantitative estimate of drug-likeness (QED) is 0.518. The topological polar surface area (TPSA) is 110 Å². The lowest BCUT2D eigenvalue weighted by Crippen LogP contribution is -2.03. The Kier molecular flexibility index (Phi) is 3.93. The number of aromatic nitrogens is 5. The first-order chi connectivity index (χ1) is 12.5. The van der Waals surface area contributed by atoms with Crippen molar-refractivity contribution in [2.24, 2.45) is 0 Å². The van der Waals surface area contributed by atoms with Crippen LogP contribution in [0.1, 0.15) is 23.0 Å². The number of Topliss-reactive ketones (excluding diaryl/α,β-unsaturated/α-hetero) is 1. The number of carbonyl (C=O) groups is 1. The molecule has 0 atom stereocenters. The van der Waals surface area contributed by atoms with E-state index in [0.717, 1.165) is 16.0 Å². The number of ketones is 1. The minimum Gasteiger partial charge on any atom is -0.397 e. The zero-order valence-corrected chi connectivity index (χ0v) is 15.4. The lowest BCUT2D eigenvalue weighted by atomic mass is 9.93. The molecule has 0 saturated heterocycles. The van der Waals surface area contributed by atoms with Gasteiger partial charge in [-0.2, -0.15) is 5.21 Å². The van der Waals surface area contributed by atoms with Crippen LogP contribution in [0.3, 0.4) is 0 Å². The van der Waals surface area contributed by atoms with E-state index in [4.69, 9.17) is 17.3 Å². The normalized spacial score (nSPS) is 11.2. The molecule has 26 heavy (non-hydrogen) atoms. The summed E-state index contributed by atoms with van der Waals surface area (Å²) in [5, 5.41) is 15.4. The van der Waals surface area contributed by atoms with Gasteiger partial charge in [-0.3, -0.25) is 4.79 Å². The maximum Gasteiger partial charge on any atom is 0.216 e. The van der Waals surface area contributed by atoms with Crippen LogP contribution in [0.25, 0.3) is 32.0 Å². The Hall–Kier alpha value is -2.84. The van der Waals surface area contributed by atoms with Gasteiger partial charge in [0.2, 0.25) is 5.82 Å². The number of hydrogen-bond acceptors (Lipinski definition) is 7. The van der Waals surface area contributed by atoms with Gasteiger partial charge in [0.15, 0.2) is 5.78 Å². The lowest BCUT2D eigenvalue weighted by molar-refractivity contribution is 0.101. The molecule has 0 fully saturated rings. The maximum absolute atomic E-state index is 12.4. The molecule has 0 aliphatic rings. The summed E-state index contributed by atoms with van der Waals surface area (Å²) in [4.78, 5) is 18.4. The summed E-state index contributed by atoms with van der Waals surface area (Å²) in [5.41, 5.74) is 9.70. The number of fused-ring (bicyclic) bond motifs is 1. The number of hydrogen-bond donors (Lipinski definition) is 2. The molecule has 0 unspecified atom stereocenters. The number of benzene rings is 1. The Balaban J connectivity index is 2.13. The highest BCUT2D eigenvalue weighted by Crippen LogP contribution is 2.45. The Morgan fingerprint density at radius 3 is 2.62 bits per heavy atom. The van der Waals surface area contributed by atoms with Crippen LogP contribution in [0, 0.1) is 6.92 Å². The van der Waals surface area contributed by atoms with Crippen molar-refractivity contribution in [1.82, 2.24) is 25.6 Å². The number of pyridine rings is 1. The Bertz CT molecular complexity index is 1130. The Morgan fingerprint density at radius 2 is 2.00 bits per heavy atom. The van der Waals surface area contributed by atoms with Gasteiger partial charge in [0.25, 0.3) is 0 Å². The fraction of sp³-hybridized carbons (Fsp3) is 0.118. The molecule has 0 amide bonds. The van der Waals surface area contributed by atoms with Crippen molar-refractivity contribution in [1.29, 1.82) is 0 Å². The van der Waals surface area contributed by atoms with Crippen molar-refractivity contribution in [2.75, 3.05) is 5.73 Å². The third-order valence-corrected chi connectivity index (χ3v) is 5.44. The first kappa shape index (κ1) is 16.6. The average molecular weight is 385 g/mol. The zero-order valence-electron chi connectivity index (χ0n) is 13.9. The molecule has 0 aliphatic carbocycles. The predicted molar refractivity (Wildman–Crippen MR) is 102 cm³/mol. The summed E-state index contributed by atoms with van der Waals surface area (Å²) in [5.74, 6) is 0.322. The van der Waals surface area contributed by atoms with Gasteiger partial charge < -0.3 is 5.73 Å². The molecule has 0 bridgehead atoms. The van der Waals surface area contributed by atoms with Crippen molar-refractivity contribution in [3.8, 4) is 21.8 Å². The number of nitrogens with zero attached hydrogens (tertiary/aromatic N) is 4. The SMILES string of the molecule is CC(=O)c1c(C)nc2sc(-c3nn[nH]n3)c(N)c2c1-c1ccc(Cl)cc1. The number of nitrogen functional groups attached to an aromatic ring is 1. The van der Waals surface area contributed by atoms with Crippen LogP contribution >= 0.6 is 22.9 Å².